The van der Waals surface area contributed by atoms with E-state index < -0.39 is 0 Å². The molecule has 0 spiro atoms. The van der Waals surface area contributed by atoms with Gasteiger partial charge in [0.15, 0.2) is 0 Å². The second-order valence-electron chi connectivity index (χ2n) is 5.99. The number of ether oxygens (including phenoxy) is 1. The third-order valence-electron chi connectivity index (χ3n) is 4.23. The Kier molecular flexibility index (Phi) is 5.36. The number of aryl methyl sites for hydroxylation is 1. The molecular formula is C20H25N3O. The lowest BCUT2D eigenvalue weighted by atomic mass is 10.2. The topological polar surface area (TPSA) is 28.1 Å². The van der Waals surface area contributed by atoms with Gasteiger partial charge in [-0.2, -0.15) is 5.10 Å². The molecule has 0 N–H and O–H groups in total. The molecule has 0 aromatic heterocycles. The minimum absolute atomic E-state index is 0.667. The Morgan fingerprint density at radius 3 is 2.42 bits per heavy atom. The van der Waals surface area contributed by atoms with Gasteiger partial charge in [0, 0.05) is 24.3 Å². The van der Waals surface area contributed by atoms with Crippen molar-refractivity contribution in [3.05, 3.63) is 59.7 Å². The highest BCUT2D eigenvalue weighted by Crippen LogP contribution is 2.18. The van der Waals surface area contributed by atoms with Crippen LogP contribution in [0.25, 0.3) is 0 Å². The molecule has 0 saturated carbocycles. The molecule has 1 heterocycles. The molecule has 1 aliphatic heterocycles. The van der Waals surface area contributed by atoms with Gasteiger partial charge in [-0.25, -0.2) is 0 Å². The summed E-state index contributed by atoms with van der Waals surface area (Å²) in [6.45, 7) is 8.64. The van der Waals surface area contributed by atoms with Gasteiger partial charge in [0.1, 0.15) is 5.75 Å². The number of anilines is 1. The fraction of sp³-hybridized carbons (Fsp3) is 0.350. The maximum atomic E-state index is 5.64. The number of nitrogens with zero attached hydrogens (tertiary/aromatic N) is 3. The lowest BCUT2D eigenvalue weighted by molar-refractivity contribution is 0.272. The molecular weight excluding hydrogens is 298 g/mol. The van der Waals surface area contributed by atoms with Crippen LogP contribution in [0.5, 0.6) is 5.75 Å². The molecule has 1 aliphatic rings. The van der Waals surface area contributed by atoms with Crippen LogP contribution in [0, 0.1) is 6.92 Å². The SMILES string of the molecule is CCOc1ccccc1C=NN1CCN(c2ccc(C)cc2)CC1. The Hall–Kier alpha value is -2.49. The maximum Gasteiger partial charge on any atom is 0.128 e. The fourth-order valence-electron chi connectivity index (χ4n) is 2.84. The minimum Gasteiger partial charge on any atom is -0.493 e. The monoisotopic (exact) mass is 323 g/mol. The van der Waals surface area contributed by atoms with Crippen molar-refractivity contribution in [3.8, 4) is 5.75 Å². The number of hydrogen-bond donors (Lipinski definition) is 0. The average Bonchev–Trinajstić information content (AvgIpc) is 2.62. The lowest BCUT2D eigenvalue weighted by Crippen LogP contribution is -2.44. The number of rotatable bonds is 5. The summed E-state index contributed by atoms with van der Waals surface area (Å²) in [5.74, 6) is 0.891. The van der Waals surface area contributed by atoms with Crippen LogP contribution in [0.2, 0.25) is 0 Å². The quantitative estimate of drug-likeness (QED) is 0.788. The third-order valence-corrected chi connectivity index (χ3v) is 4.23. The van der Waals surface area contributed by atoms with Gasteiger partial charge in [0.2, 0.25) is 0 Å². The van der Waals surface area contributed by atoms with E-state index in [-0.39, 0.29) is 0 Å². The summed E-state index contributed by atoms with van der Waals surface area (Å²) in [5.41, 5.74) is 3.63. The van der Waals surface area contributed by atoms with Crippen molar-refractivity contribution in [3.63, 3.8) is 0 Å². The van der Waals surface area contributed by atoms with E-state index >= 15 is 0 Å². The van der Waals surface area contributed by atoms with Gasteiger partial charge in [-0.15, -0.1) is 0 Å². The highest BCUT2D eigenvalue weighted by Gasteiger charge is 2.15. The normalized spacial score (nSPS) is 15.1. The van der Waals surface area contributed by atoms with Gasteiger partial charge < -0.3 is 9.64 Å². The van der Waals surface area contributed by atoms with Crippen molar-refractivity contribution < 1.29 is 4.74 Å². The molecule has 24 heavy (non-hydrogen) atoms. The van der Waals surface area contributed by atoms with Gasteiger partial charge in [-0.3, -0.25) is 5.01 Å². The van der Waals surface area contributed by atoms with Crippen LogP contribution in [0.15, 0.2) is 53.6 Å². The van der Waals surface area contributed by atoms with Crippen LogP contribution in [0.1, 0.15) is 18.1 Å². The first-order valence-electron chi connectivity index (χ1n) is 8.58. The van der Waals surface area contributed by atoms with Gasteiger partial charge in [0.05, 0.1) is 25.9 Å². The first-order chi connectivity index (χ1) is 11.8. The highest BCUT2D eigenvalue weighted by molar-refractivity contribution is 5.83. The summed E-state index contributed by atoms with van der Waals surface area (Å²) in [6.07, 6.45) is 1.91. The van der Waals surface area contributed by atoms with Crippen molar-refractivity contribution >= 4 is 11.9 Å². The van der Waals surface area contributed by atoms with Gasteiger partial charge in [-0.05, 0) is 38.1 Å². The standard InChI is InChI=1S/C20H25N3O/c1-3-24-20-7-5-4-6-18(20)16-21-23-14-12-22(13-15-23)19-10-8-17(2)9-11-19/h4-11,16H,3,12-15H2,1-2H3. The van der Waals surface area contributed by atoms with Gasteiger partial charge in [-0.1, -0.05) is 29.8 Å². The summed E-state index contributed by atoms with van der Waals surface area (Å²) in [7, 11) is 0. The Balaban J connectivity index is 1.58. The molecule has 0 atom stereocenters. The Bertz CT molecular complexity index is 674. The van der Waals surface area contributed by atoms with E-state index in [4.69, 9.17) is 4.74 Å². The molecule has 126 valence electrons. The Morgan fingerprint density at radius 1 is 1.00 bits per heavy atom. The van der Waals surface area contributed by atoms with Crippen LogP contribution in [0.3, 0.4) is 0 Å². The number of benzene rings is 2. The first-order valence-corrected chi connectivity index (χ1v) is 8.58. The molecule has 4 heteroatoms. The van der Waals surface area contributed by atoms with Gasteiger partial charge in [0.25, 0.3) is 0 Å². The Morgan fingerprint density at radius 2 is 1.71 bits per heavy atom. The highest BCUT2D eigenvalue weighted by atomic mass is 16.5. The zero-order chi connectivity index (χ0) is 16.8. The van der Waals surface area contributed by atoms with Crippen LogP contribution in [-0.2, 0) is 0 Å². The first kappa shape index (κ1) is 16.4. The summed E-state index contributed by atoms with van der Waals surface area (Å²) in [4.78, 5) is 2.42. The molecule has 2 aromatic rings. The second-order valence-corrected chi connectivity index (χ2v) is 5.99. The predicted molar refractivity (Wildman–Crippen MR) is 100 cm³/mol. The van der Waals surface area contributed by atoms with E-state index in [9.17, 15) is 0 Å². The molecule has 0 aliphatic carbocycles. The third kappa shape index (κ3) is 4.07. The lowest BCUT2D eigenvalue weighted by Gasteiger charge is -2.34. The maximum absolute atomic E-state index is 5.64. The zero-order valence-corrected chi connectivity index (χ0v) is 14.5. The molecule has 2 aromatic carbocycles. The van der Waals surface area contributed by atoms with Crippen LogP contribution in [0.4, 0.5) is 5.69 Å². The number of hydrogen-bond acceptors (Lipinski definition) is 4. The fourth-order valence-corrected chi connectivity index (χ4v) is 2.84. The van der Waals surface area contributed by atoms with Crippen LogP contribution < -0.4 is 9.64 Å². The average molecular weight is 323 g/mol. The van der Waals surface area contributed by atoms with Crippen molar-refractivity contribution in [2.75, 3.05) is 37.7 Å². The summed E-state index contributed by atoms with van der Waals surface area (Å²) >= 11 is 0. The van der Waals surface area contributed by atoms with E-state index in [1.807, 2.05) is 37.4 Å². The van der Waals surface area contributed by atoms with Crippen molar-refractivity contribution in [1.29, 1.82) is 0 Å². The molecule has 3 rings (SSSR count). The van der Waals surface area contributed by atoms with Crippen LogP contribution in [-0.4, -0.2) is 44.0 Å². The summed E-state index contributed by atoms with van der Waals surface area (Å²) < 4.78 is 5.64. The smallest absolute Gasteiger partial charge is 0.128 e. The predicted octanol–water partition coefficient (Wildman–Crippen LogP) is 3.55. The van der Waals surface area contributed by atoms with E-state index in [1.165, 1.54) is 11.3 Å². The molecule has 0 bridgehead atoms. The van der Waals surface area contributed by atoms with E-state index in [1.54, 1.807) is 0 Å². The zero-order valence-electron chi connectivity index (χ0n) is 14.5. The van der Waals surface area contributed by atoms with Crippen molar-refractivity contribution in [1.82, 2.24) is 5.01 Å². The van der Waals surface area contributed by atoms with Crippen molar-refractivity contribution in [2.45, 2.75) is 13.8 Å². The molecule has 0 radical (unpaired) electrons. The minimum atomic E-state index is 0.667. The largest absolute Gasteiger partial charge is 0.493 e. The molecule has 1 fully saturated rings. The van der Waals surface area contributed by atoms with Crippen LogP contribution >= 0.6 is 0 Å². The van der Waals surface area contributed by atoms with E-state index in [2.05, 4.69) is 46.2 Å². The van der Waals surface area contributed by atoms with E-state index in [0.717, 1.165) is 37.5 Å². The number of piperazine rings is 1. The number of hydrazone groups is 1. The molecule has 0 amide bonds. The molecule has 1 saturated heterocycles. The summed E-state index contributed by atoms with van der Waals surface area (Å²) in [5, 5.41) is 6.77. The molecule has 0 unspecified atom stereocenters. The van der Waals surface area contributed by atoms with Crippen molar-refractivity contribution in [2.24, 2.45) is 5.10 Å². The number of para-hydroxylation sites is 1. The second kappa shape index (κ2) is 7.86. The Labute approximate surface area is 144 Å². The van der Waals surface area contributed by atoms with E-state index in [0.29, 0.717) is 6.61 Å². The van der Waals surface area contributed by atoms with Gasteiger partial charge >= 0.3 is 0 Å². The summed E-state index contributed by atoms with van der Waals surface area (Å²) in [6, 6.07) is 16.8. The molecule has 4 nitrogen and oxygen atoms in total.